The highest BCUT2D eigenvalue weighted by Gasteiger charge is 2.34. The van der Waals surface area contributed by atoms with Crippen molar-refractivity contribution in [3.63, 3.8) is 0 Å². The van der Waals surface area contributed by atoms with E-state index in [9.17, 15) is 4.79 Å². The van der Waals surface area contributed by atoms with Crippen molar-refractivity contribution < 1.29 is 19.0 Å². The Morgan fingerprint density at radius 2 is 1.59 bits per heavy atom. The van der Waals surface area contributed by atoms with E-state index in [1.54, 1.807) is 0 Å². The van der Waals surface area contributed by atoms with Crippen molar-refractivity contribution in [3.05, 3.63) is 65.7 Å². The van der Waals surface area contributed by atoms with E-state index in [2.05, 4.69) is 48.3 Å². The van der Waals surface area contributed by atoms with Crippen molar-refractivity contribution in [1.29, 1.82) is 0 Å². The molecule has 1 aliphatic heterocycles. The molecule has 2 aromatic rings. The molecule has 7 nitrogen and oxygen atoms in total. The summed E-state index contributed by atoms with van der Waals surface area (Å²) in [5.41, 5.74) is 3.12. The number of ether oxygens (including phenoxy) is 3. The van der Waals surface area contributed by atoms with Crippen LogP contribution in [-0.4, -0.2) is 74.2 Å². The van der Waals surface area contributed by atoms with Crippen LogP contribution < -0.4 is 10.2 Å². The van der Waals surface area contributed by atoms with E-state index in [1.807, 2.05) is 76.9 Å². The average molecular weight is 568 g/mol. The van der Waals surface area contributed by atoms with E-state index < -0.39 is 12.1 Å². The first-order valence-corrected chi connectivity index (χ1v) is 15.2. The first-order chi connectivity index (χ1) is 19.4. The van der Waals surface area contributed by atoms with Gasteiger partial charge in [-0.3, -0.25) is 9.69 Å². The van der Waals surface area contributed by atoms with E-state index in [-0.39, 0.29) is 23.9 Å². The molecule has 7 heteroatoms. The molecule has 1 aliphatic rings. The lowest BCUT2D eigenvalue weighted by Gasteiger charge is -2.37. The van der Waals surface area contributed by atoms with Crippen LogP contribution >= 0.6 is 0 Å². The molecule has 1 fully saturated rings. The van der Waals surface area contributed by atoms with Crippen molar-refractivity contribution in [2.45, 2.75) is 98.0 Å². The van der Waals surface area contributed by atoms with E-state index in [0.29, 0.717) is 25.4 Å². The Labute approximate surface area is 248 Å². The number of carbonyl (C=O) groups excluding carboxylic acids is 1. The lowest BCUT2D eigenvalue weighted by Crippen LogP contribution is -2.49. The Kier molecular flexibility index (Phi) is 12.6. The van der Waals surface area contributed by atoms with Gasteiger partial charge in [0.05, 0.1) is 18.3 Å². The third-order valence-electron chi connectivity index (χ3n) is 7.56. The third kappa shape index (κ3) is 11.0. The van der Waals surface area contributed by atoms with Gasteiger partial charge in [-0.15, -0.1) is 0 Å². The molecule has 2 aromatic carbocycles. The van der Waals surface area contributed by atoms with E-state index >= 15 is 0 Å². The van der Waals surface area contributed by atoms with Crippen LogP contribution in [0.1, 0.15) is 66.0 Å². The van der Waals surface area contributed by atoms with Gasteiger partial charge in [0, 0.05) is 38.3 Å². The van der Waals surface area contributed by atoms with Gasteiger partial charge in [-0.1, -0.05) is 56.3 Å². The van der Waals surface area contributed by atoms with Gasteiger partial charge in [-0.05, 0) is 77.3 Å². The first-order valence-electron chi connectivity index (χ1n) is 15.2. The predicted octanol–water partition coefficient (Wildman–Crippen LogP) is 5.66. The van der Waals surface area contributed by atoms with Crippen molar-refractivity contribution in [1.82, 2.24) is 10.2 Å². The molecule has 0 radical (unpaired) electrons. The first kappa shape index (κ1) is 33.1. The summed E-state index contributed by atoms with van der Waals surface area (Å²) in [7, 11) is 1.95. The van der Waals surface area contributed by atoms with Crippen LogP contribution in [0.3, 0.4) is 0 Å². The SMILES string of the molecule is CC(C)C[C@@H](C(=O)O[C@H](Cc1ccc(N2CCNCC2)cc1)C(C)OCc1ccccc1)N(C)C(C)OC(C)(C)C. The number of esters is 1. The number of hydrogen-bond acceptors (Lipinski definition) is 7. The Morgan fingerprint density at radius 1 is 0.951 bits per heavy atom. The summed E-state index contributed by atoms with van der Waals surface area (Å²) in [5, 5.41) is 3.41. The number of anilines is 1. The maximum atomic E-state index is 13.8. The molecular weight excluding hydrogens is 514 g/mol. The lowest BCUT2D eigenvalue weighted by atomic mass is 10.0. The Morgan fingerprint density at radius 3 is 2.17 bits per heavy atom. The number of carbonyl (C=O) groups is 1. The van der Waals surface area contributed by atoms with Gasteiger partial charge in [0.25, 0.3) is 0 Å². The topological polar surface area (TPSA) is 63.3 Å². The number of nitrogens with one attached hydrogen (secondary N) is 1. The highest BCUT2D eigenvalue weighted by atomic mass is 16.6. The molecule has 0 spiro atoms. The van der Waals surface area contributed by atoms with Crippen LogP contribution in [0.15, 0.2) is 54.6 Å². The van der Waals surface area contributed by atoms with Crippen molar-refractivity contribution in [3.8, 4) is 0 Å². The van der Waals surface area contributed by atoms with Crippen molar-refractivity contribution >= 4 is 11.7 Å². The molecule has 3 rings (SSSR count). The normalized spacial score (nSPS) is 17.4. The van der Waals surface area contributed by atoms with Gasteiger partial charge in [0.15, 0.2) is 0 Å². The fraction of sp³-hybridized carbons (Fsp3) is 0.618. The Bertz CT molecular complexity index is 1030. The Hall–Kier alpha value is -2.45. The largest absolute Gasteiger partial charge is 0.458 e. The fourth-order valence-electron chi connectivity index (χ4n) is 5.16. The Balaban J connectivity index is 1.77. The minimum atomic E-state index is -0.432. The average Bonchev–Trinajstić information content (AvgIpc) is 2.94. The van der Waals surface area contributed by atoms with E-state index in [1.165, 1.54) is 5.69 Å². The third-order valence-corrected chi connectivity index (χ3v) is 7.56. The second-order valence-electron chi connectivity index (χ2n) is 12.7. The monoisotopic (exact) mass is 567 g/mol. The molecule has 228 valence electrons. The van der Waals surface area contributed by atoms with Crippen LogP contribution in [0.5, 0.6) is 0 Å². The van der Waals surface area contributed by atoms with Gasteiger partial charge in [0.1, 0.15) is 18.4 Å². The summed E-state index contributed by atoms with van der Waals surface area (Å²) < 4.78 is 18.8. The molecule has 2 unspecified atom stereocenters. The molecule has 41 heavy (non-hydrogen) atoms. The number of rotatable bonds is 14. The summed E-state index contributed by atoms with van der Waals surface area (Å²) >= 11 is 0. The number of hydrogen-bond donors (Lipinski definition) is 1. The minimum Gasteiger partial charge on any atom is -0.458 e. The van der Waals surface area contributed by atoms with Crippen LogP contribution in [0, 0.1) is 5.92 Å². The van der Waals surface area contributed by atoms with Gasteiger partial charge in [-0.25, -0.2) is 0 Å². The van der Waals surface area contributed by atoms with Crippen LogP contribution in [-0.2, 0) is 32.0 Å². The molecule has 1 N–H and O–H groups in total. The highest BCUT2D eigenvalue weighted by Crippen LogP contribution is 2.23. The van der Waals surface area contributed by atoms with E-state index in [0.717, 1.165) is 37.3 Å². The summed E-state index contributed by atoms with van der Waals surface area (Å²) in [6, 6.07) is 18.3. The lowest BCUT2D eigenvalue weighted by molar-refractivity contribution is -0.175. The number of likely N-dealkylation sites (N-methyl/N-ethyl adjacent to an activating group) is 1. The van der Waals surface area contributed by atoms with Crippen LogP contribution in [0.4, 0.5) is 5.69 Å². The minimum absolute atomic E-state index is 0.233. The quantitative estimate of drug-likeness (QED) is 0.233. The van der Waals surface area contributed by atoms with E-state index in [4.69, 9.17) is 14.2 Å². The second-order valence-corrected chi connectivity index (χ2v) is 12.7. The fourth-order valence-corrected chi connectivity index (χ4v) is 5.16. The smallest absolute Gasteiger partial charge is 0.323 e. The highest BCUT2D eigenvalue weighted by molar-refractivity contribution is 5.76. The molecule has 0 saturated carbocycles. The summed E-state index contributed by atoms with van der Waals surface area (Å²) in [4.78, 5) is 18.2. The molecule has 4 atom stereocenters. The van der Waals surface area contributed by atoms with Crippen molar-refractivity contribution in [2.24, 2.45) is 5.92 Å². The molecule has 0 aliphatic carbocycles. The zero-order valence-corrected chi connectivity index (χ0v) is 26.6. The van der Waals surface area contributed by atoms with Crippen LogP contribution in [0.25, 0.3) is 0 Å². The van der Waals surface area contributed by atoms with Gasteiger partial charge in [-0.2, -0.15) is 0 Å². The predicted molar refractivity (Wildman–Crippen MR) is 167 cm³/mol. The van der Waals surface area contributed by atoms with Gasteiger partial charge < -0.3 is 24.4 Å². The van der Waals surface area contributed by atoms with Crippen LogP contribution in [0.2, 0.25) is 0 Å². The van der Waals surface area contributed by atoms with Gasteiger partial charge >= 0.3 is 5.97 Å². The second kappa shape index (κ2) is 15.7. The molecular formula is C34H53N3O4. The molecule has 0 bridgehead atoms. The number of nitrogens with zero attached hydrogens (tertiary/aromatic N) is 2. The van der Waals surface area contributed by atoms with Crippen molar-refractivity contribution in [2.75, 3.05) is 38.1 Å². The molecule has 0 aromatic heterocycles. The number of piperazine rings is 1. The summed E-state index contributed by atoms with van der Waals surface area (Å²) in [6.07, 6.45) is 0.293. The standard InChI is InChI=1S/C34H53N3O4/c1-25(2)22-31(36(8)27(4)41-34(5,6)7)33(38)40-32(26(3)39-24-29-12-10-9-11-13-29)23-28-14-16-30(17-15-28)37-20-18-35-19-21-37/h9-17,25-27,31-32,35H,18-24H2,1-8H3/t26?,27?,31-,32+/m0/s1. The maximum absolute atomic E-state index is 13.8. The summed E-state index contributed by atoms with van der Waals surface area (Å²) in [6.45, 7) is 18.8. The molecule has 1 saturated heterocycles. The number of benzene rings is 2. The zero-order valence-electron chi connectivity index (χ0n) is 26.6. The zero-order chi connectivity index (χ0) is 30.0. The summed E-state index contributed by atoms with van der Waals surface area (Å²) in [5.74, 6) is 0.0859. The maximum Gasteiger partial charge on any atom is 0.323 e. The molecule has 0 amide bonds. The van der Waals surface area contributed by atoms with Gasteiger partial charge in [0.2, 0.25) is 0 Å². The molecule has 1 heterocycles.